The molecule has 1 aliphatic rings. The highest BCUT2D eigenvalue weighted by Gasteiger charge is 2.18. The number of carbonyl (C=O) groups excluding carboxylic acids is 1. The van der Waals surface area contributed by atoms with Crippen LogP contribution in [-0.4, -0.2) is 18.9 Å². The van der Waals surface area contributed by atoms with Crippen molar-refractivity contribution in [2.45, 2.75) is 25.7 Å². The molecule has 0 spiro atoms. The molecule has 1 saturated carbocycles. The van der Waals surface area contributed by atoms with Crippen molar-refractivity contribution >= 4 is 5.78 Å². The number of benzene rings is 1. The van der Waals surface area contributed by atoms with Crippen LogP contribution in [0.1, 0.15) is 36.0 Å². The lowest BCUT2D eigenvalue weighted by molar-refractivity contribution is 0.0984. The zero-order valence-electron chi connectivity index (χ0n) is 10.0. The van der Waals surface area contributed by atoms with E-state index in [9.17, 15) is 4.79 Å². The van der Waals surface area contributed by atoms with Crippen molar-refractivity contribution in [3.8, 4) is 5.75 Å². The van der Waals surface area contributed by atoms with Gasteiger partial charge in [-0.1, -0.05) is 18.6 Å². The van der Waals surface area contributed by atoms with Crippen LogP contribution in [0.25, 0.3) is 0 Å². The van der Waals surface area contributed by atoms with Crippen molar-refractivity contribution in [1.82, 2.24) is 0 Å². The van der Waals surface area contributed by atoms with E-state index in [4.69, 9.17) is 10.5 Å². The fourth-order valence-corrected chi connectivity index (χ4v) is 1.91. The van der Waals surface area contributed by atoms with Crippen LogP contribution in [0, 0.1) is 5.92 Å². The van der Waals surface area contributed by atoms with E-state index >= 15 is 0 Å². The Hall–Kier alpha value is -1.35. The summed E-state index contributed by atoms with van der Waals surface area (Å²) < 4.78 is 5.70. The van der Waals surface area contributed by atoms with Crippen LogP contribution in [0.2, 0.25) is 0 Å². The van der Waals surface area contributed by atoms with Gasteiger partial charge in [0.15, 0.2) is 5.78 Å². The third-order valence-corrected chi connectivity index (χ3v) is 3.24. The van der Waals surface area contributed by atoms with Gasteiger partial charge < -0.3 is 10.5 Å². The molecule has 0 aromatic heterocycles. The zero-order valence-corrected chi connectivity index (χ0v) is 10.0. The van der Waals surface area contributed by atoms with E-state index in [0.717, 1.165) is 12.4 Å². The van der Waals surface area contributed by atoms with Crippen LogP contribution in [0.4, 0.5) is 0 Å². The van der Waals surface area contributed by atoms with Crippen LogP contribution in [-0.2, 0) is 0 Å². The van der Waals surface area contributed by atoms with Crippen LogP contribution in [0.5, 0.6) is 5.75 Å². The Morgan fingerprint density at radius 2 is 2.24 bits per heavy atom. The van der Waals surface area contributed by atoms with E-state index in [2.05, 4.69) is 0 Å². The second-order valence-corrected chi connectivity index (χ2v) is 4.60. The first kappa shape index (κ1) is 12.1. The number of rotatable bonds is 6. The summed E-state index contributed by atoms with van der Waals surface area (Å²) >= 11 is 0. The first-order valence-electron chi connectivity index (χ1n) is 6.25. The summed E-state index contributed by atoms with van der Waals surface area (Å²) in [6.07, 6.45) is 4.26. The molecule has 2 N–H and O–H groups in total. The van der Waals surface area contributed by atoms with Crippen molar-refractivity contribution in [2.75, 3.05) is 13.2 Å². The zero-order chi connectivity index (χ0) is 12.1. The molecule has 2 rings (SSSR count). The quantitative estimate of drug-likeness (QED) is 0.768. The summed E-state index contributed by atoms with van der Waals surface area (Å²) in [5.74, 6) is 1.58. The number of hydrogen-bond donors (Lipinski definition) is 1. The normalized spacial score (nSPS) is 15.4. The van der Waals surface area contributed by atoms with Crippen molar-refractivity contribution in [3.63, 3.8) is 0 Å². The average Bonchev–Trinajstić information content (AvgIpc) is 2.28. The van der Waals surface area contributed by atoms with Crippen molar-refractivity contribution in [1.29, 1.82) is 0 Å². The lowest BCUT2D eigenvalue weighted by atomic mass is 9.86. The molecule has 0 unspecified atom stereocenters. The smallest absolute Gasteiger partial charge is 0.164 e. The monoisotopic (exact) mass is 233 g/mol. The first-order valence-corrected chi connectivity index (χ1v) is 6.25. The van der Waals surface area contributed by atoms with E-state index in [-0.39, 0.29) is 5.78 Å². The molecule has 0 bridgehead atoms. The Balaban J connectivity index is 1.92. The number of carbonyl (C=O) groups is 1. The van der Waals surface area contributed by atoms with Crippen LogP contribution in [0.3, 0.4) is 0 Å². The second-order valence-electron chi connectivity index (χ2n) is 4.60. The molecule has 0 saturated heterocycles. The predicted molar refractivity (Wildman–Crippen MR) is 67.3 cm³/mol. The molecule has 92 valence electrons. The predicted octanol–water partition coefficient (Wildman–Crippen LogP) is 2.40. The molecule has 1 fully saturated rings. The summed E-state index contributed by atoms with van der Waals surface area (Å²) in [5, 5.41) is 0. The summed E-state index contributed by atoms with van der Waals surface area (Å²) in [4.78, 5) is 11.7. The second kappa shape index (κ2) is 5.82. The van der Waals surface area contributed by atoms with Gasteiger partial charge in [0.25, 0.3) is 0 Å². The maximum atomic E-state index is 11.7. The Bertz CT molecular complexity index is 386. The summed E-state index contributed by atoms with van der Waals surface area (Å²) in [7, 11) is 0. The molecule has 0 radical (unpaired) electrons. The molecule has 17 heavy (non-hydrogen) atoms. The van der Waals surface area contributed by atoms with Gasteiger partial charge in [-0.15, -0.1) is 0 Å². The average molecular weight is 233 g/mol. The SMILES string of the molecule is NCCC(=O)c1cccc(OCC2CCC2)c1. The Morgan fingerprint density at radius 1 is 1.41 bits per heavy atom. The highest BCUT2D eigenvalue weighted by Crippen LogP contribution is 2.27. The number of Topliss-reactive ketones (excluding diaryl/α,β-unsaturated/α-hetero) is 1. The highest BCUT2D eigenvalue weighted by molar-refractivity contribution is 5.96. The van der Waals surface area contributed by atoms with E-state index < -0.39 is 0 Å². The van der Waals surface area contributed by atoms with Crippen molar-refractivity contribution in [3.05, 3.63) is 29.8 Å². The molecule has 3 nitrogen and oxygen atoms in total. The number of ether oxygens (including phenoxy) is 1. The van der Waals surface area contributed by atoms with Gasteiger partial charge in [-0.25, -0.2) is 0 Å². The standard InChI is InChI=1S/C14H19NO2/c15-8-7-14(16)12-5-2-6-13(9-12)17-10-11-3-1-4-11/h2,5-6,9,11H,1,3-4,7-8,10,15H2. The molecular weight excluding hydrogens is 214 g/mol. The number of nitrogens with two attached hydrogens (primary N) is 1. The molecule has 0 aliphatic heterocycles. The van der Waals surface area contributed by atoms with Crippen molar-refractivity contribution in [2.24, 2.45) is 11.7 Å². The van der Waals surface area contributed by atoms with E-state index in [1.807, 2.05) is 24.3 Å². The van der Waals surface area contributed by atoms with Crippen LogP contribution >= 0.6 is 0 Å². The minimum Gasteiger partial charge on any atom is -0.493 e. The maximum Gasteiger partial charge on any atom is 0.164 e. The third kappa shape index (κ3) is 3.30. The molecule has 1 aromatic carbocycles. The lowest BCUT2D eigenvalue weighted by Crippen LogP contribution is -2.19. The van der Waals surface area contributed by atoms with Gasteiger partial charge in [-0.05, 0) is 37.4 Å². The fraction of sp³-hybridized carbons (Fsp3) is 0.500. The largest absolute Gasteiger partial charge is 0.493 e. The van der Waals surface area contributed by atoms with Crippen molar-refractivity contribution < 1.29 is 9.53 Å². The van der Waals surface area contributed by atoms with E-state index in [0.29, 0.717) is 24.4 Å². The van der Waals surface area contributed by atoms with Gasteiger partial charge in [0.1, 0.15) is 5.75 Å². The van der Waals surface area contributed by atoms with Crippen LogP contribution in [0.15, 0.2) is 24.3 Å². The molecule has 0 heterocycles. The molecule has 3 heteroatoms. The molecule has 0 amide bonds. The topological polar surface area (TPSA) is 52.3 Å². The summed E-state index contributed by atoms with van der Waals surface area (Å²) in [5.41, 5.74) is 6.07. The minimum atomic E-state index is 0.0848. The van der Waals surface area contributed by atoms with Gasteiger partial charge in [-0.3, -0.25) is 4.79 Å². The van der Waals surface area contributed by atoms with Gasteiger partial charge in [-0.2, -0.15) is 0 Å². The molecule has 0 atom stereocenters. The first-order chi connectivity index (χ1) is 8.29. The van der Waals surface area contributed by atoms with Crippen LogP contribution < -0.4 is 10.5 Å². The third-order valence-electron chi connectivity index (χ3n) is 3.24. The van der Waals surface area contributed by atoms with Gasteiger partial charge in [0, 0.05) is 12.0 Å². The molecule has 1 aliphatic carbocycles. The van der Waals surface area contributed by atoms with Gasteiger partial charge >= 0.3 is 0 Å². The fourth-order valence-electron chi connectivity index (χ4n) is 1.91. The maximum absolute atomic E-state index is 11.7. The molecule has 1 aromatic rings. The number of ketones is 1. The van der Waals surface area contributed by atoms with E-state index in [1.165, 1.54) is 19.3 Å². The Labute approximate surface area is 102 Å². The Kier molecular flexibility index (Phi) is 4.15. The lowest BCUT2D eigenvalue weighted by Gasteiger charge is -2.25. The minimum absolute atomic E-state index is 0.0848. The highest BCUT2D eigenvalue weighted by atomic mass is 16.5. The van der Waals surface area contributed by atoms with Gasteiger partial charge in [0.05, 0.1) is 6.61 Å². The number of hydrogen-bond acceptors (Lipinski definition) is 3. The Morgan fingerprint density at radius 3 is 2.88 bits per heavy atom. The van der Waals surface area contributed by atoms with Gasteiger partial charge in [0.2, 0.25) is 0 Å². The molecular formula is C14H19NO2. The summed E-state index contributed by atoms with van der Waals surface area (Å²) in [6.45, 7) is 1.17. The summed E-state index contributed by atoms with van der Waals surface area (Å²) in [6, 6.07) is 7.39. The van der Waals surface area contributed by atoms with E-state index in [1.54, 1.807) is 0 Å².